The molecule has 0 unspecified atom stereocenters. The molecule has 0 bridgehead atoms. The molecular weight excluding hydrogens is 470 g/mol. The lowest BCUT2D eigenvalue weighted by molar-refractivity contribution is -0.128. The van der Waals surface area contributed by atoms with Crippen molar-refractivity contribution in [1.82, 2.24) is 25.7 Å². The van der Waals surface area contributed by atoms with Gasteiger partial charge in [-0.1, -0.05) is 17.7 Å². The number of aromatic nitrogens is 1. The SMILES string of the molecule is CC(=O)c1c(C)[nH]c(C(=O)NC2(C(=O)NCCNS(=O)(=O)c3ccc(C)cc3)CCNCC2)c1C. The van der Waals surface area contributed by atoms with Crippen molar-refractivity contribution in [1.29, 1.82) is 0 Å². The lowest BCUT2D eigenvalue weighted by atomic mass is 9.86. The van der Waals surface area contributed by atoms with Gasteiger partial charge in [-0.25, -0.2) is 13.1 Å². The van der Waals surface area contributed by atoms with Crippen LogP contribution in [0.1, 0.15) is 57.4 Å². The number of sulfonamides is 1. The van der Waals surface area contributed by atoms with E-state index in [1.54, 1.807) is 26.0 Å². The highest BCUT2D eigenvalue weighted by Gasteiger charge is 2.41. The van der Waals surface area contributed by atoms with Crippen molar-refractivity contribution in [3.63, 3.8) is 0 Å². The minimum Gasteiger partial charge on any atom is -0.354 e. The van der Waals surface area contributed by atoms with Crippen LogP contribution in [0.3, 0.4) is 0 Å². The van der Waals surface area contributed by atoms with E-state index in [9.17, 15) is 22.8 Å². The summed E-state index contributed by atoms with van der Waals surface area (Å²) < 4.78 is 27.4. The molecule has 1 aliphatic heterocycles. The van der Waals surface area contributed by atoms with Gasteiger partial charge in [0, 0.05) is 24.3 Å². The van der Waals surface area contributed by atoms with Crippen LogP contribution in [0.25, 0.3) is 0 Å². The number of benzene rings is 1. The molecule has 0 aliphatic carbocycles. The Labute approximate surface area is 205 Å². The van der Waals surface area contributed by atoms with E-state index in [0.717, 1.165) is 5.56 Å². The average Bonchev–Trinajstić information content (AvgIpc) is 3.11. The van der Waals surface area contributed by atoms with Crippen molar-refractivity contribution >= 4 is 27.6 Å². The topological polar surface area (TPSA) is 149 Å². The molecule has 0 saturated carbocycles. The summed E-state index contributed by atoms with van der Waals surface area (Å²) in [6, 6.07) is 6.48. The van der Waals surface area contributed by atoms with Crippen molar-refractivity contribution in [2.24, 2.45) is 0 Å². The average molecular weight is 504 g/mol. The maximum Gasteiger partial charge on any atom is 0.268 e. The van der Waals surface area contributed by atoms with E-state index in [2.05, 4.69) is 25.7 Å². The molecule has 3 rings (SSSR count). The highest BCUT2D eigenvalue weighted by atomic mass is 32.2. The number of amides is 2. The van der Waals surface area contributed by atoms with E-state index in [1.165, 1.54) is 19.1 Å². The molecule has 2 heterocycles. The van der Waals surface area contributed by atoms with Crippen molar-refractivity contribution in [2.45, 2.75) is 51.0 Å². The maximum atomic E-state index is 13.2. The molecule has 190 valence electrons. The number of carbonyl (C=O) groups excluding carboxylic acids is 3. The normalized spacial score (nSPS) is 15.4. The van der Waals surface area contributed by atoms with Crippen molar-refractivity contribution in [2.75, 3.05) is 26.2 Å². The number of H-pyrrole nitrogens is 1. The first kappa shape index (κ1) is 26.6. The summed E-state index contributed by atoms with van der Waals surface area (Å²) in [6.45, 7) is 7.88. The van der Waals surface area contributed by atoms with Gasteiger partial charge >= 0.3 is 0 Å². The third-order valence-corrected chi connectivity index (χ3v) is 7.77. The third-order valence-electron chi connectivity index (χ3n) is 6.30. The summed E-state index contributed by atoms with van der Waals surface area (Å²) >= 11 is 0. The molecule has 1 aromatic carbocycles. The Balaban J connectivity index is 1.66. The number of piperidine rings is 1. The number of ketones is 1. The largest absolute Gasteiger partial charge is 0.354 e. The van der Waals surface area contributed by atoms with Gasteiger partial charge in [-0.2, -0.15) is 0 Å². The Bertz CT molecular complexity index is 1210. The standard InChI is InChI=1S/C24H33N5O5S/c1-15-5-7-19(8-6-15)35(33,34)27-14-13-26-23(32)24(9-11-25-12-10-24)29-22(31)21-16(2)20(18(4)30)17(3)28-21/h5-8,25,27-28H,9-14H2,1-4H3,(H,26,32)(H,29,31). The molecule has 1 aliphatic rings. The van der Waals surface area contributed by atoms with Gasteiger partial charge in [0.2, 0.25) is 15.9 Å². The van der Waals surface area contributed by atoms with Crippen LogP contribution in [0.5, 0.6) is 0 Å². The first-order valence-electron chi connectivity index (χ1n) is 11.5. The molecule has 0 atom stereocenters. The van der Waals surface area contributed by atoms with Crippen LogP contribution in [-0.4, -0.2) is 62.7 Å². The van der Waals surface area contributed by atoms with Crippen LogP contribution in [0, 0.1) is 20.8 Å². The molecule has 1 aromatic heterocycles. The zero-order valence-corrected chi connectivity index (χ0v) is 21.3. The highest BCUT2D eigenvalue weighted by molar-refractivity contribution is 7.89. The summed E-state index contributed by atoms with van der Waals surface area (Å²) in [5.74, 6) is -0.984. The number of aromatic amines is 1. The van der Waals surface area contributed by atoms with Gasteiger partial charge < -0.3 is 20.9 Å². The molecule has 2 aromatic rings. The Kier molecular flexibility index (Phi) is 8.14. The molecule has 10 nitrogen and oxygen atoms in total. The van der Waals surface area contributed by atoms with Gasteiger partial charge in [0.25, 0.3) is 5.91 Å². The van der Waals surface area contributed by atoms with Crippen LogP contribution < -0.4 is 20.7 Å². The number of carbonyl (C=O) groups is 3. The van der Waals surface area contributed by atoms with E-state index in [-0.39, 0.29) is 35.4 Å². The molecule has 1 fully saturated rings. The van der Waals surface area contributed by atoms with Crippen LogP contribution in [0.15, 0.2) is 29.2 Å². The number of rotatable bonds is 9. The zero-order valence-electron chi connectivity index (χ0n) is 20.5. The fourth-order valence-electron chi connectivity index (χ4n) is 4.38. The quantitative estimate of drug-likeness (QED) is 0.255. The third kappa shape index (κ3) is 5.98. The van der Waals surface area contributed by atoms with Crippen LogP contribution in [0.4, 0.5) is 0 Å². The van der Waals surface area contributed by atoms with Crippen LogP contribution in [0.2, 0.25) is 0 Å². The monoisotopic (exact) mass is 503 g/mol. The molecule has 0 radical (unpaired) electrons. The smallest absolute Gasteiger partial charge is 0.268 e. The predicted molar refractivity (Wildman–Crippen MR) is 132 cm³/mol. The van der Waals surface area contributed by atoms with E-state index < -0.39 is 21.5 Å². The van der Waals surface area contributed by atoms with Gasteiger partial charge in [-0.05, 0) is 71.3 Å². The summed E-state index contributed by atoms with van der Waals surface area (Å²) in [7, 11) is -3.70. The zero-order chi connectivity index (χ0) is 25.8. The Morgan fingerprint density at radius 2 is 1.63 bits per heavy atom. The fourth-order valence-corrected chi connectivity index (χ4v) is 5.41. The first-order chi connectivity index (χ1) is 16.5. The number of hydrogen-bond donors (Lipinski definition) is 5. The van der Waals surface area contributed by atoms with Gasteiger partial charge in [0.15, 0.2) is 5.78 Å². The number of nitrogens with one attached hydrogen (secondary N) is 5. The lowest BCUT2D eigenvalue weighted by Crippen LogP contribution is -2.63. The number of aryl methyl sites for hydroxylation is 2. The Hall–Kier alpha value is -3.02. The summed E-state index contributed by atoms with van der Waals surface area (Å²) in [6.07, 6.45) is 0.746. The van der Waals surface area contributed by atoms with Gasteiger partial charge in [-0.3, -0.25) is 14.4 Å². The number of Topliss-reactive ketones (excluding diaryl/α,β-unsaturated/α-hetero) is 1. The molecule has 5 N–H and O–H groups in total. The fraction of sp³-hybridized carbons (Fsp3) is 0.458. The van der Waals surface area contributed by atoms with E-state index in [4.69, 9.17) is 0 Å². The summed E-state index contributed by atoms with van der Waals surface area (Å²) in [5.41, 5.74) is 1.67. The Morgan fingerprint density at radius 3 is 2.20 bits per heavy atom. The Morgan fingerprint density at radius 1 is 1.00 bits per heavy atom. The molecule has 35 heavy (non-hydrogen) atoms. The van der Waals surface area contributed by atoms with Gasteiger partial charge in [0.1, 0.15) is 11.2 Å². The molecule has 1 saturated heterocycles. The van der Waals surface area contributed by atoms with Crippen molar-refractivity contribution in [3.05, 3.63) is 52.3 Å². The minimum absolute atomic E-state index is 0.00112. The van der Waals surface area contributed by atoms with Gasteiger partial charge in [0.05, 0.1) is 4.90 Å². The summed E-state index contributed by atoms with van der Waals surface area (Å²) in [5, 5.41) is 8.83. The van der Waals surface area contributed by atoms with E-state index in [0.29, 0.717) is 42.8 Å². The van der Waals surface area contributed by atoms with E-state index >= 15 is 0 Å². The van der Waals surface area contributed by atoms with Crippen molar-refractivity contribution < 1.29 is 22.8 Å². The minimum atomic E-state index is -3.70. The highest BCUT2D eigenvalue weighted by Crippen LogP contribution is 2.23. The lowest BCUT2D eigenvalue weighted by Gasteiger charge is -2.37. The second kappa shape index (κ2) is 10.7. The van der Waals surface area contributed by atoms with Gasteiger partial charge in [-0.15, -0.1) is 0 Å². The molecular formula is C24H33N5O5S. The van der Waals surface area contributed by atoms with Crippen LogP contribution in [-0.2, 0) is 14.8 Å². The second-order valence-electron chi connectivity index (χ2n) is 8.93. The molecule has 2 amide bonds. The summed E-state index contributed by atoms with van der Waals surface area (Å²) in [4.78, 5) is 41.4. The number of hydrogen-bond acceptors (Lipinski definition) is 6. The first-order valence-corrected chi connectivity index (χ1v) is 13.0. The van der Waals surface area contributed by atoms with Crippen LogP contribution >= 0.6 is 0 Å². The predicted octanol–water partition coefficient (Wildman–Crippen LogP) is 1.09. The second-order valence-corrected chi connectivity index (χ2v) is 10.7. The molecule has 0 spiro atoms. The van der Waals surface area contributed by atoms with Crippen molar-refractivity contribution in [3.8, 4) is 0 Å². The van der Waals surface area contributed by atoms with E-state index in [1.807, 2.05) is 6.92 Å². The maximum absolute atomic E-state index is 13.2. The molecule has 11 heteroatoms.